The largest absolute Gasteiger partial charge is 0.353 e. The van der Waals surface area contributed by atoms with Crippen LogP contribution in [0.2, 0.25) is 0 Å². The van der Waals surface area contributed by atoms with E-state index in [2.05, 4.69) is 29.9 Å². The van der Waals surface area contributed by atoms with Gasteiger partial charge >= 0.3 is 0 Å². The molecule has 2 aromatic heterocycles. The second-order valence-electron chi connectivity index (χ2n) is 6.87. The lowest BCUT2D eigenvalue weighted by Gasteiger charge is -2.36. The number of anilines is 1. The fraction of sp³-hybridized carbons (Fsp3) is 0.588. The highest BCUT2D eigenvalue weighted by molar-refractivity contribution is 5.76. The molecule has 5 rings (SSSR count). The van der Waals surface area contributed by atoms with Crippen LogP contribution < -0.4 is 4.90 Å². The Morgan fingerprint density at radius 2 is 2.12 bits per heavy atom. The monoisotopic (exact) mass is 341 g/mol. The smallest absolute Gasteiger partial charge is 0.222 e. The summed E-state index contributed by atoms with van der Waals surface area (Å²) in [6.07, 6.45) is 12.1. The van der Waals surface area contributed by atoms with E-state index in [9.17, 15) is 4.79 Å². The Morgan fingerprint density at radius 3 is 2.92 bits per heavy atom. The Balaban J connectivity index is 1.37. The van der Waals surface area contributed by atoms with Crippen molar-refractivity contribution in [2.75, 3.05) is 24.5 Å². The van der Waals surface area contributed by atoms with Crippen LogP contribution in [0.3, 0.4) is 0 Å². The minimum atomic E-state index is 0.260. The molecule has 8 heteroatoms. The Morgan fingerprint density at radius 1 is 1.16 bits per heavy atom. The van der Waals surface area contributed by atoms with Gasteiger partial charge in [0.2, 0.25) is 5.91 Å². The molecule has 0 radical (unpaired) electrons. The van der Waals surface area contributed by atoms with E-state index in [0.29, 0.717) is 12.3 Å². The number of aryl methyl sites for hydroxylation is 1. The Labute approximate surface area is 146 Å². The van der Waals surface area contributed by atoms with Crippen LogP contribution in [0.5, 0.6) is 0 Å². The van der Waals surface area contributed by atoms with Gasteiger partial charge in [0.25, 0.3) is 0 Å². The number of amides is 1. The molecule has 2 atom stereocenters. The van der Waals surface area contributed by atoms with Crippen molar-refractivity contribution in [1.29, 1.82) is 0 Å². The first-order chi connectivity index (χ1) is 12.3. The number of fused-ring (bicyclic) bond motifs is 4. The molecule has 2 aromatic rings. The normalized spacial score (nSPS) is 22.9. The van der Waals surface area contributed by atoms with Gasteiger partial charge in [0.05, 0.1) is 6.20 Å². The molecule has 0 spiro atoms. The molecule has 0 unspecified atom stereocenters. The molecule has 0 saturated carbocycles. The molecule has 3 aliphatic heterocycles. The van der Waals surface area contributed by atoms with Gasteiger partial charge in [-0.3, -0.25) is 14.5 Å². The fourth-order valence-electron chi connectivity index (χ4n) is 3.91. The zero-order valence-corrected chi connectivity index (χ0v) is 14.2. The summed E-state index contributed by atoms with van der Waals surface area (Å²) < 4.78 is 1.78. The minimum absolute atomic E-state index is 0.260. The second-order valence-corrected chi connectivity index (χ2v) is 6.87. The first-order valence-corrected chi connectivity index (χ1v) is 8.92. The Hall–Kier alpha value is -2.51. The van der Waals surface area contributed by atoms with E-state index >= 15 is 0 Å². The van der Waals surface area contributed by atoms with Crippen molar-refractivity contribution in [3.63, 3.8) is 0 Å². The van der Waals surface area contributed by atoms with E-state index in [4.69, 9.17) is 0 Å². The number of piperidine rings is 1. The van der Waals surface area contributed by atoms with Gasteiger partial charge in [-0.2, -0.15) is 5.10 Å². The molecule has 132 valence electrons. The maximum atomic E-state index is 12.7. The predicted molar refractivity (Wildman–Crippen MR) is 91.7 cm³/mol. The summed E-state index contributed by atoms with van der Waals surface area (Å²) in [5.74, 6) is 1.69. The summed E-state index contributed by atoms with van der Waals surface area (Å²) in [4.78, 5) is 29.7. The maximum Gasteiger partial charge on any atom is 0.222 e. The lowest BCUT2D eigenvalue weighted by Crippen LogP contribution is -2.47. The van der Waals surface area contributed by atoms with Gasteiger partial charge in [0, 0.05) is 51.0 Å². The molecule has 2 bridgehead atoms. The SMILES string of the molecule is O=C(CCCn1cncn1)N1C[C@H]2CC[C@@H]1CN(c1cnccn1)C2. The number of rotatable bonds is 5. The van der Waals surface area contributed by atoms with Gasteiger partial charge in [-0.05, 0) is 25.2 Å². The average molecular weight is 341 g/mol. The lowest BCUT2D eigenvalue weighted by molar-refractivity contribution is -0.135. The number of hydrogen-bond donors (Lipinski definition) is 0. The molecule has 3 saturated heterocycles. The van der Waals surface area contributed by atoms with Crippen LogP contribution >= 0.6 is 0 Å². The molecule has 25 heavy (non-hydrogen) atoms. The van der Waals surface area contributed by atoms with Gasteiger partial charge < -0.3 is 9.80 Å². The third-order valence-corrected chi connectivity index (χ3v) is 5.15. The molecule has 8 nitrogen and oxygen atoms in total. The molecule has 5 heterocycles. The van der Waals surface area contributed by atoms with Crippen LogP contribution in [0.15, 0.2) is 31.2 Å². The average Bonchev–Trinajstić information content (AvgIpc) is 2.99. The Kier molecular flexibility index (Phi) is 4.58. The predicted octanol–water partition coefficient (Wildman–Crippen LogP) is 0.976. The summed E-state index contributed by atoms with van der Waals surface area (Å²) in [5.41, 5.74) is 0. The summed E-state index contributed by atoms with van der Waals surface area (Å²) in [7, 11) is 0. The number of hydrogen-bond acceptors (Lipinski definition) is 6. The maximum absolute atomic E-state index is 12.7. The second kappa shape index (κ2) is 7.16. The van der Waals surface area contributed by atoms with Crippen molar-refractivity contribution < 1.29 is 4.79 Å². The van der Waals surface area contributed by atoms with Crippen molar-refractivity contribution in [1.82, 2.24) is 29.6 Å². The van der Waals surface area contributed by atoms with Gasteiger partial charge in [-0.1, -0.05) is 0 Å². The topological polar surface area (TPSA) is 80.0 Å². The van der Waals surface area contributed by atoms with Gasteiger partial charge in [0.1, 0.15) is 18.5 Å². The zero-order chi connectivity index (χ0) is 17.1. The molecular weight excluding hydrogens is 318 g/mol. The third-order valence-electron chi connectivity index (χ3n) is 5.15. The summed E-state index contributed by atoms with van der Waals surface area (Å²) >= 11 is 0. The van der Waals surface area contributed by atoms with Crippen LogP contribution in [0.4, 0.5) is 5.82 Å². The summed E-state index contributed by atoms with van der Waals surface area (Å²) in [6.45, 7) is 3.41. The Bertz CT molecular complexity index is 690. The van der Waals surface area contributed by atoms with Crippen LogP contribution in [0, 0.1) is 5.92 Å². The van der Waals surface area contributed by atoms with Crippen molar-refractivity contribution in [2.45, 2.75) is 38.3 Å². The van der Waals surface area contributed by atoms with E-state index in [-0.39, 0.29) is 11.9 Å². The van der Waals surface area contributed by atoms with Crippen molar-refractivity contribution in [3.05, 3.63) is 31.2 Å². The standard InChI is InChI=1S/C17H23N7O/c25-17(2-1-7-23-13-19-12-21-23)24-10-14-3-4-15(24)11-22(9-14)16-8-18-5-6-20-16/h5-6,8,12-15H,1-4,7,9-11H2/t14-,15+/m0/s1. The first kappa shape index (κ1) is 16.0. The lowest BCUT2D eigenvalue weighted by atomic mass is 9.94. The van der Waals surface area contributed by atoms with Gasteiger partial charge in [0.15, 0.2) is 0 Å². The highest BCUT2D eigenvalue weighted by Crippen LogP contribution is 2.30. The third kappa shape index (κ3) is 3.62. The van der Waals surface area contributed by atoms with E-state index in [1.54, 1.807) is 23.4 Å². The zero-order valence-electron chi connectivity index (χ0n) is 14.2. The number of nitrogens with zero attached hydrogens (tertiary/aromatic N) is 7. The van der Waals surface area contributed by atoms with Gasteiger partial charge in [-0.15, -0.1) is 0 Å². The molecular formula is C17H23N7O. The van der Waals surface area contributed by atoms with Crippen LogP contribution in [-0.4, -0.2) is 61.2 Å². The fourth-order valence-corrected chi connectivity index (χ4v) is 3.91. The van der Waals surface area contributed by atoms with E-state index in [1.807, 2.05) is 6.20 Å². The van der Waals surface area contributed by atoms with Crippen LogP contribution in [-0.2, 0) is 11.3 Å². The van der Waals surface area contributed by atoms with Crippen molar-refractivity contribution >= 4 is 11.7 Å². The van der Waals surface area contributed by atoms with E-state index in [0.717, 1.165) is 44.8 Å². The molecule has 0 aromatic carbocycles. The highest BCUT2D eigenvalue weighted by Gasteiger charge is 2.37. The molecule has 0 aliphatic carbocycles. The summed E-state index contributed by atoms with van der Waals surface area (Å²) in [6, 6.07) is 0.277. The van der Waals surface area contributed by atoms with E-state index in [1.165, 1.54) is 12.7 Å². The molecule has 0 N–H and O–H groups in total. The summed E-state index contributed by atoms with van der Waals surface area (Å²) in [5, 5.41) is 4.08. The highest BCUT2D eigenvalue weighted by atomic mass is 16.2. The number of carbonyl (C=O) groups excluding carboxylic acids is 1. The molecule has 3 aliphatic rings. The number of aromatic nitrogens is 5. The molecule has 3 fully saturated rings. The van der Waals surface area contributed by atoms with Crippen molar-refractivity contribution in [2.24, 2.45) is 5.92 Å². The van der Waals surface area contributed by atoms with Crippen LogP contribution in [0.1, 0.15) is 25.7 Å². The van der Waals surface area contributed by atoms with Crippen molar-refractivity contribution in [3.8, 4) is 0 Å². The minimum Gasteiger partial charge on any atom is -0.353 e. The van der Waals surface area contributed by atoms with Crippen LogP contribution in [0.25, 0.3) is 0 Å². The number of carbonyl (C=O) groups is 1. The van der Waals surface area contributed by atoms with E-state index < -0.39 is 0 Å². The first-order valence-electron chi connectivity index (χ1n) is 8.92. The van der Waals surface area contributed by atoms with Gasteiger partial charge in [-0.25, -0.2) is 9.97 Å². The quantitative estimate of drug-likeness (QED) is 0.806. The molecule has 1 amide bonds.